The zero-order valence-corrected chi connectivity index (χ0v) is 11.1. The number of nitrogens with one attached hydrogen (secondary N) is 1. The third-order valence-corrected chi connectivity index (χ3v) is 3.40. The van der Waals surface area contributed by atoms with Gasteiger partial charge in [-0.2, -0.15) is 11.8 Å². The Morgan fingerprint density at radius 1 is 1.44 bits per heavy atom. The molecule has 0 aromatic heterocycles. The molecule has 0 saturated carbocycles. The number of thioether (sulfide) groups is 1. The van der Waals surface area contributed by atoms with Crippen molar-refractivity contribution in [2.45, 2.75) is 19.9 Å². The van der Waals surface area contributed by atoms with Crippen molar-refractivity contribution >= 4 is 11.8 Å². The van der Waals surface area contributed by atoms with Gasteiger partial charge in [0, 0.05) is 18.3 Å². The first-order chi connectivity index (χ1) is 7.77. The predicted molar refractivity (Wildman–Crippen MR) is 72.4 cm³/mol. The molecule has 2 nitrogen and oxygen atoms in total. The Balaban J connectivity index is 2.42. The Labute approximate surface area is 103 Å². The van der Waals surface area contributed by atoms with Crippen LogP contribution in [-0.4, -0.2) is 25.2 Å². The van der Waals surface area contributed by atoms with E-state index in [2.05, 4.69) is 31.3 Å². The summed E-state index contributed by atoms with van der Waals surface area (Å²) < 4.78 is 5.22. The molecule has 0 fully saturated rings. The lowest BCUT2D eigenvalue weighted by Crippen LogP contribution is -2.21. The highest BCUT2D eigenvalue weighted by atomic mass is 32.2. The third kappa shape index (κ3) is 4.45. The van der Waals surface area contributed by atoms with Crippen LogP contribution < -0.4 is 10.1 Å². The van der Waals surface area contributed by atoms with Crippen molar-refractivity contribution in [3.05, 3.63) is 29.8 Å². The first kappa shape index (κ1) is 13.4. The van der Waals surface area contributed by atoms with E-state index in [0.29, 0.717) is 6.04 Å². The van der Waals surface area contributed by atoms with Crippen LogP contribution in [0, 0.1) is 0 Å². The standard InChI is InChI=1S/C13H21NOS/c1-4-16-9-8-14-11(2)12-6-5-7-13(10-12)15-3/h5-7,10-11,14H,4,8-9H2,1-3H3/t11-/m0/s1. The van der Waals surface area contributed by atoms with E-state index in [-0.39, 0.29) is 0 Å². The largest absolute Gasteiger partial charge is 0.497 e. The molecule has 0 radical (unpaired) electrons. The smallest absolute Gasteiger partial charge is 0.119 e. The van der Waals surface area contributed by atoms with Gasteiger partial charge in [-0.1, -0.05) is 19.1 Å². The van der Waals surface area contributed by atoms with Crippen LogP contribution in [0.25, 0.3) is 0 Å². The zero-order valence-electron chi connectivity index (χ0n) is 10.3. The lowest BCUT2D eigenvalue weighted by molar-refractivity contribution is 0.413. The first-order valence-electron chi connectivity index (χ1n) is 5.73. The molecule has 1 aromatic carbocycles. The summed E-state index contributed by atoms with van der Waals surface area (Å²) in [5, 5.41) is 3.51. The van der Waals surface area contributed by atoms with Gasteiger partial charge in [0.1, 0.15) is 5.75 Å². The normalized spacial score (nSPS) is 12.4. The summed E-state index contributed by atoms with van der Waals surface area (Å²) >= 11 is 1.97. The van der Waals surface area contributed by atoms with Crippen LogP contribution in [0.5, 0.6) is 5.75 Å². The van der Waals surface area contributed by atoms with Crippen molar-refractivity contribution in [1.29, 1.82) is 0 Å². The number of methoxy groups -OCH3 is 1. The lowest BCUT2D eigenvalue weighted by Gasteiger charge is -2.14. The van der Waals surface area contributed by atoms with Gasteiger partial charge in [-0.05, 0) is 30.4 Å². The molecule has 90 valence electrons. The molecular formula is C13H21NOS. The molecule has 0 amide bonds. The highest BCUT2D eigenvalue weighted by Crippen LogP contribution is 2.18. The number of benzene rings is 1. The lowest BCUT2D eigenvalue weighted by atomic mass is 10.1. The summed E-state index contributed by atoms with van der Waals surface area (Å²) in [6, 6.07) is 8.61. The molecular weight excluding hydrogens is 218 g/mol. The molecule has 0 aliphatic heterocycles. The molecule has 0 unspecified atom stereocenters. The molecule has 0 heterocycles. The number of hydrogen-bond acceptors (Lipinski definition) is 3. The summed E-state index contributed by atoms with van der Waals surface area (Å²) in [6.45, 7) is 5.43. The SMILES string of the molecule is CCSCCN[C@@H](C)c1cccc(OC)c1. The topological polar surface area (TPSA) is 21.3 Å². The second-order valence-electron chi connectivity index (χ2n) is 3.65. The van der Waals surface area contributed by atoms with Crippen LogP contribution in [0.4, 0.5) is 0 Å². The maximum Gasteiger partial charge on any atom is 0.119 e. The van der Waals surface area contributed by atoms with Crippen LogP contribution >= 0.6 is 11.8 Å². The van der Waals surface area contributed by atoms with E-state index in [1.54, 1.807) is 7.11 Å². The van der Waals surface area contributed by atoms with Gasteiger partial charge in [0.05, 0.1) is 7.11 Å². The summed E-state index contributed by atoms with van der Waals surface area (Å²) in [5.74, 6) is 3.29. The fraction of sp³-hybridized carbons (Fsp3) is 0.538. The summed E-state index contributed by atoms with van der Waals surface area (Å²) in [4.78, 5) is 0. The Morgan fingerprint density at radius 2 is 2.25 bits per heavy atom. The Morgan fingerprint density at radius 3 is 2.94 bits per heavy atom. The van der Waals surface area contributed by atoms with Gasteiger partial charge >= 0.3 is 0 Å². The number of hydrogen-bond donors (Lipinski definition) is 1. The van der Waals surface area contributed by atoms with E-state index < -0.39 is 0 Å². The summed E-state index contributed by atoms with van der Waals surface area (Å²) in [7, 11) is 1.70. The van der Waals surface area contributed by atoms with Crippen molar-refractivity contribution < 1.29 is 4.74 Å². The van der Waals surface area contributed by atoms with E-state index in [0.717, 1.165) is 12.3 Å². The van der Waals surface area contributed by atoms with Crippen LogP contribution in [-0.2, 0) is 0 Å². The van der Waals surface area contributed by atoms with Crippen LogP contribution in [0.3, 0.4) is 0 Å². The van der Waals surface area contributed by atoms with Crippen molar-refractivity contribution in [2.75, 3.05) is 25.2 Å². The average molecular weight is 239 g/mol. The summed E-state index contributed by atoms with van der Waals surface area (Å²) in [5.41, 5.74) is 1.28. The van der Waals surface area contributed by atoms with Gasteiger partial charge in [-0.25, -0.2) is 0 Å². The Kier molecular flexibility index (Phi) is 6.34. The fourth-order valence-corrected chi connectivity index (χ4v) is 2.07. The Bertz CT molecular complexity index is 304. The third-order valence-electron chi connectivity index (χ3n) is 2.49. The minimum absolute atomic E-state index is 0.382. The number of rotatable bonds is 7. The van der Waals surface area contributed by atoms with E-state index in [1.807, 2.05) is 23.9 Å². The van der Waals surface area contributed by atoms with Gasteiger partial charge in [0.25, 0.3) is 0 Å². The molecule has 0 spiro atoms. The second kappa shape index (κ2) is 7.58. The van der Waals surface area contributed by atoms with Gasteiger partial charge in [-0.15, -0.1) is 0 Å². The fourth-order valence-electron chi connectivity index (χ4n) is 1.52. The van der Waals surface area contributed by atoms with Crippen molar-refractivity contribution in [3.8, 4) is 5.75 Å². The monoisotopic (exact) mass is 239 g/mol. The van der Waals surface area contributed by atoms with Crippen LogP contribution in [0.2, 0.25) is 0 Å². The van der Waals surface area contributed by atoms with Gasteiger partial charge in [-0.3, -0.25) is 0 Å². The number of ether oxygens (including phenoxy) is 1. The van der Waals surface area contributed by atoms with Gasteiger partial charge < -0.3 is 10.1 Å². The van der Waals surface area contributed by atoms with Crippen LogP contribution in [0.15, 0.2) is 24.3 Å². The van der Waals surface area contributed by atoms with E-state index in [4.69, 9.17) is 4.74 Å². The maximum absolute atomic E-state index is 5.22. The molecule has 1 atom stereocenters. The minimum atomic E-state index is 0.382. The quantitative estimate of drug-likeness (QED) is 0.739. The molecule has 0 saturated heterocycles. The zero-order chi connectivity index (χ0) is 11.8. The maximum atomic E-state index is 5.22. The first-order valence-corrected chi connectivity index (χ1v) is 6.88. The van der Waals surface area contributed by atoms with Crippen LogP contribution in [0.1, 0.15) is 25.5 Å². The average Bonchev–Trinajstić information content (AvgIpc) is 2.34. The van der Waals surface area contributed by atoms with Gasteiger partial charge in [0.15, 0.2) is 0 Å². The van der Waals surface area contributed by atoms with Crippen molar-refractivity contribution in [3.63, 3.8) is 0 Å². The van der Waals surface area contributed by atoms with E-state index in [1.165, 1.54) is 17.1 Å². The molecule has 0 aliphatic carbocycles. The minimum Gasteiger partial charge on any atom is -0.497 e. The van der Waals surface area contributed by atoms with Crippen molar-refractivity contribution in [2.24, 2.45) is 0 Å². The van der Waals surface area contributed by atoms with Gasteiger partial charge in [0.2, 0.25) is 0 Å². The van der Waals surface area contributed by atoms with E-state index >= 15 is 0 Å². The molecule has 1 rings (SSSR count). The van der Waals surface area contributed by atoms with E-state index in [9.17, 15) is 0 Å². The molecule has 3 heteroatoms. The molecule has 16 heavy (non-hydrogen) atoms. The molecule has 1 N–H and O–H groups in total. The van der Waals surface area contributed by atoms with Crippen molar-refractivity contribution in [1.82, 2.24) is 5.32 Å². The second-order valence-corrected chi connectivity index (χ2v) is 5.04. The predicted octanol–water partition coefficient (Wildman–Crippen LogP) is 3.10. The molecule has 0 bridgehead atoms. The molecule has 0 aliphatic rings. The summed E-state index contributed by atoms with van der Waals surface area (Å²) in [6.07, 6.45) is 0. The highest BCUT2D eigenvalue weighted by molar-refractivity contribution is 7.99. The highest BCUT2D eigenvalue weighted by Gasteiger charge is 2.04. The Hall–Kier alpha value is -0.670. The molecule has 1 aromatic rings.